The first-order valence-electron chi connectivity index (χ1n) is 10.8. The highest BCUT2D eigenvalue weighted by atomic mass is 35.5. The third-order valence-corrected chi connectivity index (χ3v) is 6.70. The third-order valence-electron chi connectivity index (χ3n) is 6.15. The molecule has 0 bridgehead atoms. The molecule has 1 aliphatic heterocycles. The number of anilines is 1. The Morgan fingerprint density at radius 3 is 2.62 bits per heavy atom. The number of nitrogens with zero attached hydrogens (tertiary/aromatic N) is 3. The summed E-state index contributed by atoms with van der Waals surface area (Å²) in [6.45, 7) is 3.99. The molecule has 2 aromatic carbocycles. The Bertz CT molecular complexity index is 1390. The number of halogens is 2. The average Bonchev–Trinajstić information content (AvgIpc) is 3.31. The zero-order valence-corrected chi connectivity index (χ0v) is 20.1. The van der Waals surface area contributed by atoms with Crippen LogP contribution in [0.1, 0.15) is 34.7 Å². The Morgan fingerprint density at radius 1 is 1.06 bits per heavy atom. The van der Waals surface area contributed by atoms with Crippen LogP contribution >= 0.6 is 23.8 Å². The summed E-state index contributed by atoms with van der Waals surface area (Å²) in [5.74, 6) is -0.230. The maximum absolute atomic E-state index is 14.0. The van der Waals surface area contributed by atoms with E-state index in [0.717, 1.165) is 28.3 Å². The summed E-state index contributed by atoms with van der Waals surface area (Å²) in [5.41, 5.74) is 4.92. The van der Waals surface area contributed by atoms with Crippen LogP contribution in [0.4, 0.5) is 10.1 Å². The molecular weight excluding hydrogens is 471 g/mol. The molecule has 3 heterocycles. The van der Waals surface area contributed by atoms with Crippen LogP contribution in [0.15, 0.2) is 72.9 Å². The Labute approximate surface area is 207 Å². The van der Waals surface area contributed by atoms with Gasteiger partial charge in [-0.1, -0.05) is 23.7 Å². The standard InChI is InChI=1S/C26H22ClFN4OS/c1-15-12-20(16(2)31(15)19-7-5-6-18(28)14-19)25-24(21-8-3-4-11-29-21)30-26(34)32(25)22-13-17(27)9-10-23(22)33/h3-14,24-25,33H,1-2H3,(H,30,34)/t24-,25+/m1/s1. The highest BCUT2D eigenvalue weighted by molar-refractivity contribution is 7.80. The van der Waals surface area contributed by atoms with Crippen LogP contribution in [0.3, 0.4) is 0 Å². The summed E-state index contributed by atoms with van der Waals surface area (Å²) in [6.07, 6.45) is 1.74. The van der Waals surface area contributed by atoms with E-state index < -0.39 is 0 Å². The van der Waals surface area contributed by atoms with E-state index in [-0.39, 0.29) is 23.7 Å². The van der Waals surface area contributed by atoms with Crippen molar-refractivity contribution in [2.24, 2.45) is 0 Å². The van der Waals surface area contributed by atoms with Crippen LogP contribution in [0.2, 0.25) is 5.02 Å². The molecular formula is C26H22ClFN4OS. The smallest absolute Gasteiger partial charge is 0.174 e. The second-order valence-corrected chi connectivity index (χ2v) is 9.09. The van der Waals surface area contributed by atoms with E-state index in [9.17, 15) is 9.50 Å². The monoisotopic (exact) mass is 492 g/mol. The lowest BCUT2D eigenvalue weighted by Crippen LogP contribution is -2.29. The number of aromatic hydroxyl groups is 1. The Balaban J connectivity index is 1.71. The fourth-order valence-corrected chi connectivity index (χ4v) is 5.22. The summed E-state index contributed by atoms with van der Waals surface area (Å²) in [7, 11) is 0. The third kappa shape index (κ3) is 3.81. The van der Waals surface area contributed by atoms with E-state index >= 15 is 0 Å². The summed E-state index contributed by atoms with van der Waals surface area (Å²) in [5, 5.41) is 15.1. The van der Waals surface area contributed by atoms with Crippen molar-refractivity contribution in [1.82, 2.24) is 14.9 Å². The molecule has 1 aliphatic rings. The zero-order valence-electron chi connectivity index (χ0n) is 18.5. The number of phenolic OH excluding ortho intramolecular Hbond substituents is 1. The molecule has 2 atom stereocenters. The first-order valence-corrected chi connectivity index (χ1v) is 11.6. The van der Waals surface area contributed by atoms with Crippen molar-refractivity contribution in [3.05, 3.63) is 106 Å². The Hall–Kier alpha value is -3.42. The highest BCUT2D eigenvalue weighted by Gasteiger charge is 2.43. The molecule has 1 fully saturated rings. The van der Waals surface area contributed by atoms with E-state index in [1.54, 1.807) is 30.5 Å². The van der Waals surface area contributed by atoms with Crippen LogP contribution in [0.5, 0.6) is 5.75 Å². The zero-order chi connectivity index (χ0) is 24.0. The van der Waals surface area contributed by atoms with Crippen molar-refractivity contribution in [3.63, 3.8) is 0 Å². The number of pyridine rings is 1. The molecule has 5 rings (SSSR count). The Kier molecular flexibility index (Phi) is 5.75. The van der Waals surface area contributed by atoms with Gasteiger partial charge in [-0.25, -0.2) is 4.39 Å². The number of hydrogen-bond acceptors (Lipinski definition) is 3. The van der Waals surface area contributed by atoms with Gasteiger partial charge in [-0.05, 0) is 86.2 Å². The van der Waals surface area contributed by atoms with Crippen molar-refractivity contribution >= 4 is 34.6 Å². The van der Waals surface area contributed by atoms with Gasteiger partial charge in [-0.3, -0.25) is 4.98 Å². The molecule has 0 saturated carbocycles. The molecule has 0 aliphatic carbocycles. The summed E-state index contributed by atoms with van der Waals surface area (Å²) >= 11 is 12.0. The van der Waals surface area contributed by atoms with Crippen molar-refractivity contribution in [2.45, 2.75) is 25.9 Å². The van der Waals surface area contributed by atoms with Crippen molar-refractivity contribution < 1.29 is 9.50 Å². The van der Waals surface area contributed by atoms with Crippen LogP contribution in [-0.4, -0.2) is 19.8 Å². The lowest BCUT2D eigenvalue weighted by molar-refractivity contribution is 0.472. The average molecular weight is 493 g/mol. The predicted molar refractivity (Wildman–Crippen MR) is 136 cm³/mol. The molecule has 2 N–H and O–H groups in total. The minimum absolute atomic E-state index is 0.0687. The molecule has 0 unspecified atom stereocenters. The van der Waals surface area contributed by atoms with Gasteiger partial charge in [0.2, 0.25) is 0 Å². The largest absolute Gasteiger partial charge is 0.506 e. The van der Waals surface area contributed by atoms with Gasteiger partial charge in [-0.15, -0.1) is 0 Å². The van der Waals surface area contributed by atoms with Crippen LogP contribution in [0.25, 0.3) is 5.69 Å². The highest BCUT2D eigenvalue weighted by Crippen LogP contribution is 2.46. The fourth-order valence-electron chi connectivity index (χ4n) is 4.72. The molecule has 8 heteroatoms. The van der Waals surface area contributed by atoms with Gasteiger partial charge in [-0.2, -0.15) is 0 Å². The number of rotatable bonds is 4. The van der Waals surface area contributed by atoms with Crippen molar-refractivity contribution in [3.8, 4) is 11.4 Å². The van der Waals surface area contributed by atoms with Crippen LogP contribution in [-0.2, 0) is 0 Å². The first kappa shape index (κ1) is 22.4. The molecule has 34 heavy (non-hydrogen) atoms. The maximum atomic E-state index is 14.0. The molecule has 4 aromatic rings. The minimum atomic E-state index is -0.333. The lowest BCUT2D eigenvalue weighted by atomic mass is 9.96. The van der Waals surface area contributed by atoms with E-state index in [2.05, 4.69) is 16.4 Å². The number of aromatic nitrogens is 2. The number of phenols is 1. The Morgan fingerprint density at radius 2 is 1.88 bits per heavy atom. The summed E-state index contributed by atoms with van der Waals surface area (Å²) in [6, 6.07) is 18.6. The fraction of sp³-hybridized carbons (Fsp3) is 0.154. The number of hydrogen-bond donors (Lipinski definition) is 2. The number of thiocarbonyl (C=S) groups is 1. The van der Waals surface area contributed by atoms with Crippen molar-refractivity contribution in [2.75, 3.05) is 4.90 Å². The van der Waals surface area contributed by atoms with Gasteiger partial charge in [0.15, 0.2) is 5.11 Å². The molecule has 0 amide bonds. The van der Waals surface area contributed by atoms with Gasteiger partial charge in [0, 0.05) is 28.3 Å². The van der Waals surface area contributed by atoms with Crippen LogP contribution in [0, 0.1) is 19.7 Å². The molecule has 0 spiro atoms. The molecule has 5 nitrogen and oxygen atoms in total. The van der Waals surface area contributed by atoms with Gasteiger partial charge < -0.3 is 19.9 Å². The van der Waals surface area contributed by atoms with E-state index in [1.807, 2.05) is 47.6 Å². The topological polar surface area (TPSA) is 53.3 Å². The number of benzene rings is 2. The minimum Gasteiger partial charge on any atom is -0.506 e. The SMILES string of the molecule is Cc1cc([C@H]2[C@@H](c3ccccn3)NC(=S)N2c2cc(Cl)ccc2O)c(C)n1-c1cccc(F)c1. The number of aryl methyl sites for hydroxylation is 1. The maximum Gasteiger partial charge on any atom is 0.174 e. The van der Waals surface area contributed by atoms with Gasteiger partial charge in [0.05, 0.1) is 23.5 Å². The summed E-state index contributed by atoms with van der Waals surface area (Å²) < 4.78 is 16.0. The molecule has 1 saturated heterocycles. The second kappa shape index (κ2) is 8.74. The van der Waals surface area contributed by atoms with E-state index in [4.69, 9.17) is 23.8 Å². The van der Waals surface area contributed by atoms with Crippen molar-refractivity contribution in [1.29, 1.82) is 0 Å². The van der Waals surface area contributed by atoms with Gasteiger partial charge >= 0.3 is 0 Å². The van der Waals surface area contributed by atoms with Gasteiger partial charge in [0.25, 0.3) is 0 Å². The van der Waals surface area contributed by atoms with Crippen LogP contribution < -0.4 is 10.2 Å². The molecule has 172 valence electrons. The quantitative estimate of drug-likeness (QED) is 0.334. The molecule has 2 aromatic heterocycles. The second-order valence-electron chi connectivity index (χ2n) is 8.27. The van der Waals surface area contributed by atoms with E-state index in [1.165, 1.54) is 12.1 Å². The van der Waals surface area contributed by atoms with Gasteiger partial charge in [0.1, 0.15) is 11.6 Å². The first-order chi connectivity index (χ1) is 16.3. The lowest BCUT2D eigenvalue weighted by Gasteiger charge is -2.28. The number of nitrogens with one attached hydrogen (secondary N) is 1. The molecule has 0 radical (unpaired) electrons. The normalized spacial score (nSPS) is 17.8. The van der Waals surface area contributed by atoms with E-state index in [0.29, 0.717) is 15.8 Å². The summed E-state index contributed by atoms with van der Waals surface area (Å²) in [4.78, 5) is 6.46. The predicted octanol–water partition coefficient (Wildman–Crippen LogP) is 6.16.